The number of halogens is 1. The van der Waals surface area contributed by atoms with Gasteiger partial charge >= 0.3 is 0 Å². The van der Waals surface area contributed by atoms with Crippen LogP contribution in [0, 0.1) is 0 Å². The highest BCUT2D eigenvalue weighted by Crippen LogP contribution is 2.30. The third-order valence-corrected chi connectivity index (χ3v) is 4.25. The van der Waals surface area contributed by atoms with Crippen molar-refractivity contribution < 1.29 is 0 Å². The van der Waals surface area contributed by atoms with Crippen molar-refractivity contribution in [3.05, 3.63) is 34.9 Å². The minimum atomic E-state index is 0.655. The summed E-state index contributed by atoms with van der Waals surface area (Å²) in [4.78, 5) is 0. The molecule has 0 saturated carbocycles. The van der Waals surface area contributed by atoms with Gasteiger partial charge in [-0.05, 0) is 49.4 Å². The third-order valence-electron chi connectivity index (χ3n) is 4.00. The Morgan fingerprint density at radius 2 is 2.06 bits per heavy atom. The molecule has 100 valence electrons. The lowest BCUT2D eigenvalue weighted by Gasteiger charge is -2.32. The number of rotatable bonds is 5. The zero-order valence-corrected chi connectivity index (χ0v) is 12.0. The van der Waals surface area contributed by atoms with Crippen molar-refractivity contribution in [1.82, 2.24) is 5.32 Å². The number of benzene rings is 1. The average Bonchev–Trinajstić information content (AvgIpc) is 2.42. The lowest BCUT2D eigenvalue weighted by Crippen LogP contribution is -2.38. The predicted molar refractivity (Wildman–Crippen MR) is 79.4 cm³/mol. The summed E-state index contributed by atoms with van der Waals surface area (Å²) in [5.41, 5.74) is 1.45. The Morgan fingerprint density at radius 1 is 1.28 bits per heavy atom. The first-order valence-corrected chi connectivity index (χ1v) is 7.68. The van der Waals surface area contributed by atoms with Crippen LogP contribution in [0.1, 0.15) is 56.9 Å². The van der Waals surface area contributed by atoms with Gasteiger partial charge < -0.3 is 5.32 Å². The van der Waals surface area contributed by atoms with Gasteiger partial charge in [-0.3, -0.25) is 0 Å². The number of nitrogens with one attached hydrogen (secondary N) is 1. The Kier molecular flexibility index (Phi) is 5.52. The van der Waals surface area contributed by atoms with Gasteiger partial charge in [-0.2, -0.15) is 0 Å². The molecule has 18 heavy (non-hydrogen) atoms. The number of unbranched alkanes of at least 4 members (excludes halogenated alkanes) is 1. The number of hydrogen-bond acceptors (Lipinski definition) is 1. The second-order valence-electron chi connectivity index (χ2n) is 5.36. The molecule has 1 saturated heterocycles. The Labute approximate surface area is 116 Å². The highest BCUT2D eigenvalue weighted by Gasteiger charge is 2.24. The first-order valence-electron chi connectivity index (χ1n) is 7.30. The van der Waals surface area contributed by atoms with E-state index in [1.165, 1.54) is 50.6 Å². The summed E-state index contributed by atoms with van der Waals surface area (Å²) in [6, 6.07) is 9.13. The van der Waals surface area contributed by atoms with E-state index in [1.807, 2.05) is 12.1 Å². The lowest BCUT2D eigenvalue weighted by atomic mass is 9.83. The van der Waals surface area contributed by atoms with Gasteiger partial charge in [0.05, 0.1) is 0 Å². The Balaban J connectivity index is 2.10. The predicted octanol–water partition coefficient (Wildman–Crippen LogP) is 4.76. The molecular weight excluding hydrogens is 242 g/mol. The highest BCUT2D eigenvalue weighted by atomic mass is 35.5. The van der Waals surface area contributed by atoms with Crippen LogP contribution in [0.2, 0.25) is 5.02 Å². The molecule has 1 nitrogen and oxygen atoms in total. The molecule has 1 aromatic rings. The van der Waals surface area contributed by atoms with E-state index in [0.717, 1.165) is 5.02 Å². The summed E-state index contributed by atoms with van der Waals surface area (Å²) >= 11 is 5.99. The maximum Gasteiger partial charge on any atom is 0.0406 e. The fourth-order valence-electron chi connectivity index (χ4n) is 2.96. The molecule has 1 heterocycles. The Hall–Kier alpha value is -0.530. The molecule has 1 aliphatic heterocycles. The molecule has 1 N–H and O–H groups in total. The fourth-order valence-corrected chi connectivity index (χ4v) is 3.08. The Morgan fingerprint density at radius 3 is 2.67 bits per heavy atom. The van der Waals surface area contributed by atoms with Crippen molar-refractivity contribution >= 4 is 11.6 Å². The van der Waals surface area contributed by atoms with Crippen LogP contribution in [-0.4, -0.2) is 12.6 Å². The molecule has 0 aromatic heterocycles. The number of hydrogen-bond donors (Lipinski definition) is 1. The van der Waals surface area contributed by atoms with Gasteiger partial charge in [0.25, 0.3) is 0 Å². The molecule has 2 unspecified atom stereocenters. The van der Waals surface area contributed by atoms with E-state index in [4.69, 9.17) is 11.6 Å². The van der Waals surface area contributed by atoms with Crippen LogP contribution in [0.5, 0.6) is 0 Å². The van der Waals surface area contributed by atoms with Gasteiger partial charge in [0.2, 0.25) is 0 Å². The van der Waals surface area contributed by atoms with Crippen molar-refractivity contribution in [2.45, 2.75) is 57.4 Å². The summed E-state index contributed by atoms with van der Waals surface area (Å²) in [7, 11) is 0. The quantitative estimate of drug-likeness (QED) is 0.810. The molecule has 1 aromatic carbocycles. The Bertz CT molecular complexity index is 341. The minimum absolute atomic E-state index is 0.655. The zero-order chi connectivity index (χ0) is 12.8. The van der Waals surface area contributed by atoms with Crippen molar-refractivity contribution in [2.24, 2.45) is 0 Å². The molecule has 0 aliphatic carbocycles. The van der Waals surface area contributed by atoms with E-state index in [1.54, 1.807) is 0 Å². The van der Waals surface area contributed by atoms with E-state index in [-0.39, 0.29) is 0 Å². The topological polar surface area (TPSA) is 12.0 Å². The van der Waals surface area contributed by atoms with Gasteiger partial charge in [-0.1, -0.05) is 49.9 Å². The molecule has 2 atom stereocenters. The van der Waals surface area contributed by atoms with Gasteiger partial charge in [-0.25, -0.2) is 0 Å². The molecule has 2 rings (SSSR count). The van der Waals surface area contributed by atoms with E-state index in [0.29, 0.717) is 12.0 Å². The zero-order valence-electron chi connectivity index (χ0n) is 11.3. The molecule has 2 heteroatoms. The largest absolute Gasteiger partial charge is 0.313 e. The van der Waals surface area contributed by atoms with Crippen LogP contribution in [0.3, 0.4) is 0 Å². The fraction of sp³-hybridized carbons (Fsp3) is 0.625. The minimum Gasteiger partial charge on any atom is -0.313 e. The van der Waals surface area contributed by atoms with Crippen molar-refractivity contribution in [2.75, 3.05) is 6.54 Å². The van der Waals surface area contributed by atoms with E-state index >= 15 is 0 Å². The van der Waals surface area contributed by atoms with Crippen LogP contribution < -0.4 is 5.32 Å². The van der Waals surface area contributed by atoms with Gasteiger partial charge in [0.15, 0.2) is 0 Å². The SMILES string of the molecule is CCCCC(c1ccc(Cl)cc1)C1CCCCN1. The third kappa shape index (κ3) is 3.73. The second-order valence-corrected chi connectivity index (χ2v) is 5.79. The van der Waals surface area contributed by atoms with Crippen molar-refractivity contribution in [3.8, 4) is 0 Å². The van der Waals surface area contributed by atoms with Crippen LogP contribution in [0.4, 0.5) is 0 Å². The van der Waals surface area contributed by atoms with Crippen LogP contribution >= 0.6 is 11.6 Å². The second kappa shape index (κ2) is 7.16. The molecule has 0 spiro atoms. The van der Waals surface area contributed by atoms with Gasteiger partial charge in [-0.15, -0.1) is 0 Å². The average molecular weight is 266 g/mol. The van der Waals surface area contributed by atoms with E-state index in [2.05, 4.69) is 24.4 Å². The maximum atomic E-state index is 5.99. The summed E-state index contributed by atoms with van der Waals surface area (Å²) in [5, 5.41) is 4.55. The molecule has 1 fully saturated rings. The summed E-state index contributed by atoms with van der Waals surface area (Å²) in [6.07, 6.45) is 7.89. The monoisotopic (exact) mass is 265 g/mol. The van der Waals surface area contributed by atoms with Crippen LogP contribution in [-0.2, 0) is 0 Å². The molecule has 0 radical (unpaired) electrons. The lowest BCUT2D eigenvalue weighted by molar-refractivity contribution is 0.334. The van der Waals surface area contributed by atoms with Crippen molar-refractivity contribution in [1.29, 1.82) is 0 Å². The highest BCUT2D eigenvalue weighted by molar-refractivity contribution is 6.30. The van der Waals surface area contributed by atoms with Gasteiger partial charge in [0.1, 0.15) is 0 Å². The summed E-state index contributed by atoms with van der Waals surface area (Å²) in [5.74, 6) is 0.655. The molecular formula is C16H24ClN. The normalized spacial score (nSPS) is 21.8. The smallest absolute Gasteiger partial charge is 0.0406 e. The number of piperidine rings is 1. The van der Waals surface area contributed by atoms with Crippen LogP contribution in [0.15, 0.2) is 24.3 Å². The summed E-state index contributed by atoms with van der Waals surface area (Å²) in [6.45, 7) is 3.45. The van der Waals surface area contributed by atoms with Gasteiger partial charge in [0, 0.05) is 11.1 Å². The summed E-state index contributed by atoms with van der Waals surface area (Å²) < 4.78 is 0. The maximum absolute atomic E-state index is 5.99. The standard InChI is InChI=1S/C16H24ClN/c1-2-3-6-15(16-7-4-5-12-18-16)13-8-10-14(17)11-9-13/h8-11,15-16,18H,2-7,12H2,1H3. The molecule has 0 bridgehead atoms. The molecule has 1 aliphatic rings. The van der Waals surface area contributed by atoms with Crippen molar-refractivity contribution in [3.63, 3.8) is 0 Å². The van der Waals surface area contributed by atoms with E-state index < -0.39 is 0 Å². The first kappa shape index (κ1) is 13.9. The molecule has 0 amide bonds. The van der Waals surface area contributed by atoms with E-state index in [9.17, 15) is 0 Å². The van der Waals surface area contributed by atoms with Crippen LogP contribution in [0.25, 0.3) is 0 Å². The first-order chi connectivity index (χ1) is 8.81.